The summed E-state index contributed by atoms with van der Waals surface area (Å²) in [5.74, 6) is 5.39. The summed E-state index contributed by atoms with van der Waals surface area (Å²) in [5, 5.41) is 3.21. The fraction of sp³-hybridized carbons (Fsp3) is 0.0667. The number of aromatic nitrogens is 1. The second-order valence-electron chi connectivity index (χ2n) is 3.91. The van der Waals surface area contributed by atoms with Crippen molar-refractivity contribution in [1.82, 2.24) is 10.3 Å². The van der Waals surface area contributed by atoms with Gasteiger partial charge in [0.25, 0.3) is 5.91 Å². The van der Waals surface area contributed by atoms with Gasteiger partial charge in [-0.25, -0.2) is 0 Å². The van der Waals surface area contributed by atoms with Gasteiger partial charge in [0.15, 0.2) is 0 Å². The van der Waals surface area contributed by atoms with Crippen molar-refractivity contribution >= 4 is 17.5 Å². The van der Waals surface area contributed by atoms with Gasteiger partial charge < -0.3 is 10.3 Å². The van der Waals surface area contributed by atoms with Crippen molar-refractivity contribution in [2.24, 2.45) is 0 Å². The average Bonchev–Trinajstić information content (AvgIpc) is 2.46. The summed E-state index contributed by atoms with van der Waals surface area (Å²) < 4.78 is 0. The number of amides is 1. The Labute approximate surface area is 120 Å². The summed E-state index contributed by atoms with van der Waals surface area (Å²) in [6.07, 6.45) is 1.36. The number of halogens is 1. The van der Waals surface area contributed by atoms with Gasteiger partial charge in [0.05, 0.1) is 17.1 Å². The number of H-pyrrole nitrogens is 1. The molecule has 2 rings (SSSR count). The standard InChI is InChI=1S/C15H11ClN2O2/c16-13-6-2-1-4-11(13)5-3-9-17-15(20)12-7-8-14(19)18-10-12/h1-2,4,6-8,10H,9H2,(H,17,20)(H,18,19). The summed E-state index contributed by atoms with van der Waals surface area (Å²) in [4.78, 5) is 25.0. The molecule has 0 saturated heterocycles. The van der Waals surface area contributed by atoms with Gasteiger partial charge in [-0.1, -0.05) is 35.6 Å². The summed E-state index contributed by atoms with van der Waals surface area (Å²) in [5.41, 5.74) is 0.844. The summed E-state index contributed by atoms with van der Waals surface area (Å²) in [7, 11) is 0. The van der Waals surface area contributed by atoms with Gasteiger partial charge in [-0.2, -0.15) is 0 Å². The number of hydrogen-bond acceptors (Lipinski definition) is 2. The minimum atomic E-state index is -0.297. The van der Waals surface area contributed by atoms with Gasteiger partial charge in [0.2, 0.25) is 5.56 Å². The lowest BCUT2D eigenvalue weighted by atomic mass is 10.2. The molecular weight excluding hydrogens is 276 g/mol. The number of rotatable bonds is 2. The lowest BCUT2D eigenvalue weighted by molar-refractivity contribution is 0.0958. The predicted molar refractivity (Wildman–Crippen MR) is 77.7 cm³/mol. The Morgan fingerprint density at radius 3 is 2.75 bits per heavy atom. The second kappa shape index (κ2) is 6.60. The van der Waals surface area contributed by atoms with Crippen molar-refractivity contribution in [2.75, 3.05) is 6.54 Å². The molecule has 0 bridgehead atoms. The predicted octanol–water partition coefficient (Wildman–Crippen LogP) is 1.81. The van der Waals surface area contributed by atoms with Crippen LogP contribution in [0.4, 0.5) is 0 Å². The van der Waals surface area contributed by atoms with E-state index in [0.29, 0.717) is 16.1 Å². The van der Waals surface area contributed by atoms with Crippen LogP contribution in [0.15, 0.2) is 47.4 Å². The van der Waals surface area contributed by atoms with Gasteiger partial charge in [-0.3, -0.25) is 9.59 Å². The first-order chi connectivity index (χ1) is 9.66. The number of aromatic amines is 1. The Morgan fingerprint density at radius 1 is 1.25 bits per heavy atom. The van der Waals surface area contributed by atoms with E-state index in [4.69, 9.17) is 11.6 Å². The third kappa shape index (κ3) is 3.74. The Kier molecular flexibility index (Phi) is 4.59. The van der Waals surface area contributed by atoms with E-state index in [2.05, 4.69) is 22.1 Å². The largest absolute Gasteiger partial charge is 0.341 e. The van der Waals surface area contributed by atoms with Crippen LogP contribution in [0.2, 0.25) is 5.02 Å². The zero-order valence-electron chi connectivity index (χ0n) is 10.4. The first kappa shape index (κ1) is 13.9. The van der Waals surface area contributed by atoms with Crippen molar-refractivity contribution in [1.29, 1.82) is 0 Å². The molecule has 20 heavy (non-hydrogen) atoms. The maximum atomic E-state index is 11.7. The van der Waals surface area contributed by atoms with Crippen LogP contribution in [0.3, 0.4) is 0 Å². The highest BCUT2D eigenvalue weighted by Crippen LogP contribution is 2.12. The molecule has 0 fully saturated rings. The van der Waals surface area contributed by atoms with E-state index in [-0.39, 0.29) is 18.0 Å². The van der Waals surface area contributed by atoms with Gasteiger partial charge in [0, 0.05) is 17.8 Å². The van der Waals surface area contributed by atoms with Crippen molar-refractivity contribution in [3.63, 3.8) is 0 Å². The molecule has 100 valence electrons. The van der Waals surface area contributed by atoms with E-state index in [1.807, 2.05) is 12.1 Å². The van der Waals surface area contributed by atoms with E-state index < -0.39 is 0 Å². The number of nitrogens with one attached hydrogen (secondary N) is 2. The van der Waals surface area contributed by atoms with Gasteiger partial charge >= 0.3 is 0 Å². The number of pyridine rings is 1. The molecule has 1 aromatic heterocycles. The Hall–Kier alpha value is -2.51. The Balaban J connectivity index is 1.94. The number of benzene rings is 1. The second-order valence-corrected chi connectivity index (χ2v) is 4.31. The molecule has 1 amide bonds. The minimum Gasteiger partial charge on any atom is -0.341 e. The molecule has 5 heteroatoms. The Morgan fingerprint density at radius 2 is 2.05 bits per heavy atom. The lowest BCUT2D eigenvalue weighted by Gasteiger charge is -2.00. The molecule has 2 N–H and O–H groups in total. The van der Waals surface area contributed by atoms with E-state index >= 15 is 0 Å². The van der Waals surface area contributed by atoms with Gasteiger partial charge in [-0.15, -0.1) is 0 Å². The van der Waals surface area contributed by atoms with Crippen LogP contribution in [0.25, 0.3) is 0 Å². The molecule has 0 aliphatic rings. The SMILES string of the molecule is O=C(NCC#Cc1ccccc1Cl)c1ccc(=O)[nH]c1. The summed E-state index contributed by atoms with van der Waals surface area (Å²) in [6.45, 7) is 0.198. The monoisotopic (exact) mass is 286 g/mol. The van der Waals surface area contributed by atoms with Crippen molar-refractivity contribution in [3.05, 3.63) is 69.1 Å². The smallest absolute Gasteiger partial charge is 0.253 e. The number of hydrogen-bond donors (Lipinski definition) is 2. The molecule has 1 heterocycles. The first-order valence-corrected chi connectivity index (χ1v) is 6.25. The van der Waals surface area contributed by atoms with Gasteiger partial charge in [0.1, 0.15) is 0 Å². The van der Waals surface area contributed by atoms with Crippen molar-refractivity contribution in [2.45, 2.75) is 0 Å². The van der Waals surface area contributed by atoms with E-state index in [0.717, 1.165) is 0 Å². The maximum Gasteiger partial charge on any atom is 0.253 e. The first-order valence-electron chi connectivity index (χ1n) is 5.87. The van der Waals surface area contributed by atoms with Crippen LogP contribution in [0.5, 0.6) is 0 Å². The highest BCUT2D eigenvalue weighted by atomic mass is 35.5. The molecule has 0 aliphatic carbocycles. The molecule has 0 atom stereocenters. The van der Waals surface area contributed by atoms with Crippen molar-refractivity contribution in [3.8, 4) is 11.8 Å². The molecule has 0 aliphatic heterocycles. The zero-order chi connectivity index (χ0) is 14.4. The normalized spacial score (nSPS) is 9.45. The van der Waals surface area contributed by atoms with Crippen LogP contribution in [-0.4, -0.2) is 17.4 Å². The lowest BCUT2D eigenvalue weighted by Crippen LogP contribution is -2.24. The van der Waals surface area contributed by atoms with Crippen molar-refractivity contribution < 1.29 is 4.79 Å². The quantitative estimate of drug-likeness (QED) is 0.827. The van der Waals surface area contributed by atoms with Gasteiger partial charge in [-0.05, 0) is 18.2 Å². The topological polar surface area (TPSA) is 62.0 Å². The highest BCUT2D eigenvalue weighted by Gasteiger charge is 2.02. The third-order valence-electron chi connectivity index (χ3n) is 2.48. The molecule has 1 aromatic carbocycles. The average molecular weight is 287 g/mol. The molecule has 0 saturated carbocycles. The molecular formula is C15H11ClN2O2. The van der Waals surface area contributed by atoms with E-state index in [9.17, 15) is 9.59 Å². The molecule has 0 unspecified atom stereocenters. The summed E-state index contributed by atoms with van der Waals surface area (Å²) >= 11 is 5.95. The van der Waals surface area contributed by atoms with Crippen LogP contribution < -0.4 is 10.9 Å². The molecule has 2 aromatic rings. The maximum absolute atomic E-state index is 11.7. The minimum absolute atomic E-state index is 0.198. The molecule has 4 nitrogen and oxygen atoms in total. The fourth-order valence-electron chi connectivity index (χ4n) is 1.48. The third-order valence-corrected chi connectivity index (χ3v) is 2.81. The highest BCUT2D eigenvalue weighted by molar-refractivity contribution is 6.31. The number of carbonyl (C=O) groups is 1. The van der Waals surface area contributed by atoms with E-state index in [1.165, 1.54) is 18.3 Å². The van der Waals surface area contributed by atoms with Crippen LogP contribution in [0, 0.1) is 11.8 Å². The van der Waals surface area contributed by atoms with Crippen LogP contribution in [0.1, 0.15) is 15.9 Å². The molecule has 0 radical (unpaired) electrons. The summed E-state index contributed by atoms with van der Waals surface area (Å²) in [6, 6.07) is 9.98. The Bertz CT molecular complexity index is 721. The fourth-order valence-corrected chi connectivity index (χ4v) is 1.66. The van der Waals surface area contributed by atoms with E-state index in [1.54, 1.807) is 12.1 Å². The zero-order valence-corrected chi connectivity index (χ0v) is 11.2. The van der Waals surface area contributed by atoms with Crippen LogP contribution >= 0.6 is 11.6 Å². The number of carbonyl (C=O) groups excluding carboxylic acids is 1. The van der Waals surface area contributed by atoms with Crippen LogP contribution in [-0.2, 0) is 0 Å². The molecule has 0 spiro atoms.